The topological polar surface area (TPSA) is 42.2 Å². The molecule has 27 heavy (non-hydrogen) atoms. The van der Waals surface area contributed by atoms with Crippen LogP contribution in [-0.2, 0) is 12.7 Å². The summed E-state index contributed by atoms with van der Waals surface area (Å²) in [7, 11) is 0. The molecule has 0 amide bonds. The largest absolute Gasteiger partial charge is 0.416 e. The smallest absolute Gasteiger partial charge is 0.365 e. The predicted molar refractivity (Wildman–Crippen MR) is 97.2 cm³/mol. The van der Waals surface area contributed by atoms with Gasteiger partial charge in [-0.3, -0.25) is 4.40 Å². The van der Waals surface area contributed by atoms with Gasteiger partial charge in [-0.15, -0.1) is 0 Å². The maximum atomic E-state index is 12.8. The van der Waals surface area contributed by atoms with Gasteiger partial charge in [0.05, 0.1) is 5.56 Å². The molecule has 7 heteroatoms. The van der Waals surface area contributed by atoms with Gasteiger partial charge in [-0.2, -0.15) is 13.2 Å². The first kappa shape index (κ1) is 17.1. The molecule has 0 saturated carbocycles. The highest BCUT2D eigenvalue weighted by molar-refractivity contribution is 5.75. The average molecular weight is 368 g/mol. The molecule has 2 heterocycles. The van der Waals surface area contributed by atoms with Crippen molar-refractivity contribution in [1.82, 2.24) is 14.4 Å². The number of aromatic nitrogens is 3. The number of halogens is 3. The first-order chi connectivity index (χ1) is 13.0. The van der Waals surface area contributed by atoms with Gasteiger partial charge in [0.15, 0.2) is 0 Å². The van der Waals surface area contributed by atoms with Crippen LogP contribution in [0.4, 0.5) is 19.0 Å². The molecule has 4 nitrogen and oxygen atoms in total. The van der Waals surface area contributed by atoms with Crippen LogP contribution in [0.3, 0.4) is 0 Å². The Hall–Kier alpha value is -3.35. The van der Waals surface area contributed by atoms with Crippen LogP contribution in [0.2, 0.25) is 0 Å². The van der Waals surface area contributed by atoms with Crippen molar-refractivity contribution >= 4 is 11.6 Å². The zero-order valence-electron chi connectivity index (χ0n) is 14.1. The molecular weight excluding hydrogens is 353 g/mol. The highest BCUT2D eigenvalue weighted by Crippen LogP contribution is 2.33. The summed E-state index contributed by atoms with van der Waals surface area (Å²) in [4.78, 5) is 8.73. The van der Waals surface area contributed by atoms with Crippen molar-refractivity contribution in [3.63, 3.8) is 0 Å². The van der Waals surface area contributed by atoms with Crippen molar-refractivity contribution in [2.75, 3.05) is 5.32 Å². The second-order valence-electron chi connectivity index (χ2n) is 6.01. The third-order valence-electron chi connectivity index (χ3n) is 4.19. The second kappa shape index (κ2) is 6.75. The molecule has 136 valence electrons. The summed E-state index contributed by atoms with van der Waals surface area (Å²) in [6.07, 6.45) is -0.927. The Morgan fingerprint density at radius 2 is 1.67 bits per heavy atom. The minimum Gasteiger partial charge on any atom is -0.365 e. The lowest BCUT2D eigenvalue weighted by Crippen LogP contribution is -2.05. The van der Waals surface area contributed by atoms with Crippen LogP contribution in [0.1, 0.15) is 11.1 Å². The predicted octanol–water partition coefficient (Wildman–Crippen LogP) is 5.03. The van der Waals surface area contributed by atoms with E-state index in [4.69, 9.17) is 0 Å². The summed E-state index contributed by atoms with van der Waals surface area (Å²) >= 11 is 0. The Bertz CT molecular complexity index is 1050. The summed E-state index contributed by atoms with van der Waals surface area (Å²) < 4.78 is 40.3. The number of nitrogens with zero attached hydrogens (tertiary/aromatic N) is 3. The zero-order valence-corrected chi connectivity index (χ0v) is 14.1. The van der Waals surface area contributed by atoms with E-state index >= 15 is 0 Å². The van der Waals surface area contributed by atoms with Gasteiger partial charge in [0.1, 0.15) is 11.5 Å². The van der Waals surface area contributed by atoms with Crippen molar-refractivity contribution in [2.45, 2.75) is 12.7 Å². The molecule has 0 atom stereocenters. The summed E-state index contributed by atoms with van der Waals surface area (Å²) in [5.41, 5.74) is 1.53. The van der Waals surface area contributed by atoms with Gasteiger partial charge < -0.3 is 5.32 Å². The molecule has 0 saturated heterocycles. The SMILES string of the molecule is FC(F)(F)c1ccc(-c2nc3ncccn3c2NCc2ccccc2)cc1. The van der Waals surface area contributed by atoms with Crippen molar-refractivity contribution in [1.29, 1.82) is 0 Å². The number of nitrogens with one attached hydrogen (secondary N) is 1. The van der Waals surface area contributed by atoms with Crippen LogP contribution in [-0.4, -0.2) is 14.4 Å². The first-order valence-corrected chi connectivity index (χ1v) is 8.31. The van der Waals surface area contributed by atoms with E-state index in [1.807, 2.05) is 36.5 Å². The Morgan fingerprint density at radius 3 is 2.37 bits per heavy atom. The van der Waals surface area contributed by atoms with Gasteiger partial charge >= 0.3 is 6.18 Å². The lowest BCUT2D eigenvalue weighted by Gasteiger charge is -2.10. The molecule has 0 radical (unpaired) electrons. The highest BCUT2D eigenvalue weighted by atomic mass is 19.4. The van der Waals surface area contributed by atoms with Crippen LogP contribution >= 0.6 is 0 Å². The monoisotopic (exact) mass is 368 g/mol. The molecule has 1 N–H and O–H groups in total. The van der Waals surface area contributed by atoms with E-state index in [0.717, 1.165) is 17.7 Å². The van der Waals surface area contributed by atoms with E-state index in [-0.39, 0.29) is 0 Å². The average Bonchev–Trinajstić information content (AvgIpc) is 3.05. The van der Waals surface area contributed by atoms with Crippen molar-refractivity contribution in [3.05, 3.63) is 84.2 Å². The third-order valence-corrected chi connectivity index (χ3v) is 4.19. The fourth-order valence-corrected chi connectivity index (χ4v) is 2.86. The highest BCUT2D eigenvalue weighted by Gasteiger charge is 2.30. The van der Waals surface area contributed by atoms with E-state index in [2.05, 4.69) is 15.3 Å². The Morgan fingerprint density at radius 1 is 0.926 bits per heavy atom. The standard InChI is InChI=1S/C20H15F3N4/c21-20(22,23)16-9-7-15(8-10-16)17-18(25-13-14-5-2-1-3-6-14)27-12-4-11-24-19(27)26-17/h1-12,25H,13H2. The first-order valence-electron chi connectivity index (χ1n) is 8.31. The normalized spacial score (nSPS) is 11.7. The molecule has 2 aromatic heterocycles. The minimum absolute atomic E-state index is 0.475. The second-order valence-corrected chi connectivity index (χ2v) is 6.01. The van der Waals surface area contributed by atoms with Crippen LogP contribution in [0.25, 0.3) is 17.0 Å². The third kappa shape index (κ3) is 3.48. The number of anilines is 1. The molecule has 0 fully saturated rings. The van der Waals surface area contributed by atoms with Crippen molar-refractivity contribution in [3.8, 4) is 11.3 Å². The minimum atomic E-state index is -4.37. The molecule has 0 bridgehead atoms. The lowest BCUT2D eigenvalue weighted by atomic mass is 10.1. The van der Waals surface area contributed by atoms with Gasteiger partial charge in [-0.1, -0.05) is 42.5 Å². The van der Waals surface area contributed by atoms with Crippen molar-refractivity contribution in [2.24, 2.45) is 0 Å². The molecule has 2 aromatic carbocycles. The molecule has 0 aliphatic carbocycles. The Labute approximate surface area is 153 Å². The molecule has 0 spiro atoms. The molecule has 0 aliphatic rings. The van der Waals surface area contributed by atoms with Gasteiger partial charge in [0.25, 0.3) is 0 Å². The maximum absolute atomic E-state index is 12.8. The number of hydrogen-bond acceptors (Lipinski definition) is 3. The molecule has 0 aliphatic heterocycles. The molecular formula is C20H15F3N4. The number of hydrogen-bond donors (Lipinski definition) is 1. The van der Waals surface area contributed by atoms with E-state index < -0.39 is 11.7 Å². The van der Waals surface area contributed by atoms with Crippen LogP contribution in [0.15, 0.2) is 73.1 Å². The maximum Gasteiger partial charge on any atom is 0.416 e. The Kier molecular flexibility index (Phi) is 4.27. The van der Waals surface area contributed by atoms with Gasteiger partial charge in [-0.25, -0.2) is 9.97 Å². The van der Waals surface area contributed by atoms with Crippen LogP contribution in [0, 0.1) is 0 Å². The van der Waals surface area contributed by atoms with E-state index in [1.54, 1.807) is 16.7 Å². The molecule has 0 unspecified atom stereocenters. The molecule has 4 aromatic rings. The van der Waals surface area contributed by atoms with Crippen LogP contribution in [0.5, 0.6) is 0 Å². The lowest BCUT2D eigenvalue weighted by molar-refractivity contribution is -0.137. The number of fused-ring (bicyclic) bond motifs is 1. The number of benzene rings is 2. The quantitative estimate of drug-likeness (QED) is 0.550. The van der Waals surface area contributed by atoms with E-state index in [1.165, 1.54) is 12.1 Å². The van der Waals surface area contributed by atoms with Crippen molar-refractivity contribution < 1.29 is 13.2 Å². The number of imidazole rings is 1. The Balaban J connectivity index is 1.73. The summed E-state index contributed by atoms with van der Waals surface area (Å²) in [6, 6.07) is 16.6. The molecule has 4 rings (SSSR count). The fourth-order valence-electron chi connectivity index (χ4n) is 2.86. The summed E-state index contributed by atoms with van der Waals surface area (Å²) in [5.74, 6) is 1.16. The summed E-state index contributed by atoms with van der Waals surface area (Å²) in [5, 5.41) is 3.33. The van der Waals surface area contributed by atoms with E-state index in [0.29, 0.717) is 29.4 Å². The summed E-state index contributed by atoms with van der Waals surface area (Å²) in [6.45, 7) is 0.553. The van der Waals surface area contributed by atoms with Gasteiger partial charge in [0, 0.05) is 24.5 Å². The van der Waals surface area contributed by atoms with Gasteiger partial charge in [-0.05, 0) is 23.8 Å². The number of alkyl halides is 3. The fraction of sp³-hybridized carbons (Fsp3) is 0.100. The zero-order chi connectivity index (χ0) is 18.9. The van der Waals surface area contributed by atoms with Crippen LogP contribution < -0.4 is 5.32 Å². The van der Waals surface area contributed by atoms with Gasteiger partial charge in [0.2, 0.25) is 5.78 Å². The van der Waals surface area contributed by atoms with E-state index in [9.17, 15) is 13.2 Å². The number of rotatable bonds is 4.